The highest BCUT2D eigenvalue weighted by Gasteiger charge is 2.10. The summed E-state index contributed by atoms with van der Waals surface area (Å²) in [6, 6.07) is 12.5. The number of anilines is 3. The number of hydrogen-bond donors (Lipinski definition) is 2. The van der Waals surface area contributed by atoms with E-state index in [9.17, 15) is 13.6 Å². The summed E-state index contributed by atoms with van der Waals surface area (Å²) in [5.41, 5.74) is 4.28. The maximum atomic E-state index is 13.2. The van der Waals surface area contributed by atoms with Crippen LogP contribution < -0.4 is 10.6 Å². The van der Waals surface area contributed by atoms with Crippen LogP contribution in [0.25, 0.3) is 0 Å². The highest BCUT2D eigenvalue weighted by molar-refractivity contribution is 6.02. The van der Waals surface area contributed by atoms with E-state index in [4.69, 9.17) is 0 Å². The quantitative estimate of drug-likeness (QED) is 0.696. The number of carbonyl (C=O) groups excluding carboxylic acids is 1. The Balaban J connectivity index is 1.70. The third-order valence-corrected chi connectivity index (χ3v) is 3.68. The average Bonchev–Trinajstić information content (AvgIpc) is 2.58. The first kappa shape index (κ1) is 17.5. The zero-order valence-corrected chi connectivity index (χ0v) is 14.3. The molecule has 0 aliphatic rings. The van der Waals surface area contributed by atoms with Crippen molar-refractivity contribution in [3.63, 3.8) is 0 Å². The molecule has 1 amide bonds. The molecule has 0 aliphatic carbocycles. The van der Waals surface area contributed by atoms with Gasteiger partial charge in [-0.25, -0.2) is 13.8 Å². The summed E-state index contributed by atoms with van der Waals surface area (Å²) in [6.45, 7) is 4.03. The molecule has 2 N–H and O–H groups in total. The topological polar surface area (TPSA) is 54.0 Å². The van der Waals surface area contributed by atoms with E-state index in [-0.39, 0.29) is 11.4 Å². The van der Waals surface area contributed by atoms with Crippen LogP contribution in [-0.4, -0.2) is 10.9 Å². The van der Waals surface area contributed by atoms with Gasteiger partial charge in [0, 0.05) is 17.4 Å². The molecule has 26 heavy (non-hydrogen) atoms. The van der Waals surface area contributed by atoms with Crippen molar-refractivity contribution in [3.8, 4) is 0 Å². The van der Waals surface area contributed by atoms with Crippen molar-refractivity contribution in [2.24, 2.45) is 0 Å². The van der Waals surface area contributed by atoms with Crippen molar-refractivity contribution in [2.45, 2.75) is 13.8 Å². The molecule has 0 spiro atoms. The minimum Gasteiger partial charge on any atom is -0.354 e. The molecule has 2 aromatic carbocycles. The monoisotopic (exact) mass is 353 g/mol. The number of nitrogens with zero attached hydrogens (tertiary/aromatic N) is 1. The number of hydrogen-bond acceptors (Lipinski definition) is 3. The van der Waals surface area contributed by atoms with Crippen LogP contribution in [0, 0.1) is 25.5 Å². The Hall–Kier alpha value is -3.28. The number of halogens is 2. The molecule has 6 heteroatoms. The van der Waals surface area contributed by atoms with Crippen LogP contribution in [-0.2, 0) is 0 Å². The summed E-state index contributed by atoms with van der Waals surface area (Å²) in [5, 5.41) is 5.71. The molecule has 0 saturated carbocycles. The maximum Gasteiger partial charge on any atom is 0.274 e. The standard InChI is InChI=1S/C20H17F2N3O/c1-12-7-13(2)9-16(8-12)24-15-4-6-19(23-11-15)20(26)25-14-3-5-17(21)18(22)10-14/h3-11,24H,1-2H3,(H,25,26). The fourth-order valence-electron chi connectivity index (χ4n) is 2.58. The summed E-state index contributed by atoms with van der Waals surface area (Å²) in [4.78, 5) is 16.3. The second kappa shape index (κ2) is 7.31. The van der Waals surface area contributed by atoms with Gasteiger partial charge in [0.15, 0.2) is 11.6 Å². The van der Waals surface area contributed by atoms with Gasteiger partial charge in [-0.15, -0.1) is 0 Å². The van der Waals surface area contributed by atoms with Crippen LogP contribution in [0.15, 0.2) is 54.7 Å². The molecule has 0 fully saturated rings. The predicted octanol–water partition coefficient (Wildman–Crippen LogP) is 4.97. The Kier molecular flexibility index (Phi) is 4.93. The second-order valence-corrected chi connectivity index (χ2v) is 6.02. The molecule has 4 nitrogen and oxygen atoms in total. The van der Waals surface area contributed by atoms with Gasteiger partial charge < -0.3 is 10.6 Å². The van der Waals surface area contributed by atoms with Gasteiger partial charge in [-0.2, -0.15) is 0 Å². The van der Waals surface area contributed by atoms with Crippen molar-refractivity contribution in [1.29, 1.82) is 0 Å². The molecule has 3 rings (SSSR count). The Morgan fingerprint density at radius 1 is 0.846 bits per heavy atom. The molecule has 0 bridgehead atoms. The van der Waals surface area contributed by atoms with E-state index in [1.165, 1.54) is 12.3 Å². The lowest BCUT2D eigenvalue weighted by Crippen LogP contribution is -2.13. The van der Waals surface area contributed by atoms with Crippen LogP contribution in [0.5, 0.6) is 0 Å². The lowest BCUT2D eigenvalue weighted by atomic mass is 10.1. The minimum atomic E-state index is -1.02. The predicted molar refractivity (Wildman–Crippen MR) is 97.7 cm³/mol. The van der Waals surface area contributed by atoms with Crippen LogP contribution in [0.2, 0.25) is 0 Å². The van der Waals surface area contributed by atoms with Gasteiger partial charge in [0.05, 0.1) is 11.9 Å². The molecular formula is C20H17F2N3O. The molecule has 0 radical (unpaired) electrons. The Morgan fingerprint density at radius 2 is 1.54 bits per heavy atom. The van der Waals surface area contributed by atoms with Crippen molar-refractivity contribution < 1.29 is 13.6 Å². The summed E-state index contributed by atoms with van der Waals surface area (Å²) >= 11 is 0. The first-order valence-electron chi connectivity index (χ1n) is 7.98. The number of pyridine rings is 1. The SMILES string of the molecule is Cc1cc(C)cc(Nc2ccc(C(=O)Nc3ccc(F)c(F)c3)nc2)c1. The van der Waals surface area contributed by atoms with Gasteiger partial charge in [0.1, 0.15) is 5.69 Å². The third-order valence-electron chi connectivity index (χ3n) is 3.68. The van der Waals surface area contributed by atoms with Crippen molar-refractivity contribution in [1.82, 2.24) is 4.98 Å². The molecule has 3 aromatic rings. The van der Waals surface area contributed by atoms with E-state index in [2.05, 4.69) is 21.7 Å². The molecule has 0 unspecified atom stereocenters. The molecule has 132 valence electrons. The largest absolute Gasteiger partial charge is 0.354 e. The van der Waals surface area contributed by atoms with Crippen LogP contribution >= 0.6 is 0 Å². The molecular weight excluding hydrogens is 336 g/mol. The first-order chi connectivity index (χ1) is 12.4. The van der Waals surface area contributed by atoms with Gasteiger partial charge in [0.25, 0.3) is 5.91 Å². The van der Waals surface area contributed by atoms with Gasteiger partial charge in [0.2, 0.25) is 0 Å². The van der Waals surface area contributed by atoms with Crippen LogP contribution in [0.1, 0.15) is 21.6 Å². The Bertz CT molecular complexity index is 936. The van der Waals surface area contributed by atoms with Gasteiger partial charge in [-0.1, -0.05) is 6.07 Å². The van der Waals surface area contributed by atoms with Crippen molar-refractivity contribution in [2.75, 3.05) is 10.6 Å². The Labute approximate surface area is 149 Å². The molecule has 1 aromatic heterocycles. The summed E-state index contributed by atoms with van der Waals surface area (Å²) in [5.74, 6) is -2.50. The lowest BCUT2D eigenvalue weighted by molar-refractivity contribution is 0.102. The summed E-state index contributed by atoms with van der Waals surface area (Å²) in [7, 11) is 0. The summed E-state index contributed by atoms with van der Waals surface area (Å²) < 4.78 is 26.1. The van der Waals surface area contributed by atoms with Gasteiger partial charge in [-0.3, -0.25) is 4.79 Å². The van der Waals surface area contributed by atoms with Crippen molar-refractivity contribution in [3.05, 3.63) is 83.2 Å². The van der Waals surface area contributed by atoms with Gasteiger partial charge in [-0.05, 0) is 61.4 Å². The number of carbonyl (C=O) groups is 1. The van der Waals surface area contributed by atoms with E-state index in [0.717, 1.165) is 34.6 Å². The van der Waals surface area contributed by atoms with E-state index in [0.29, 0.717) is 0 Å². The molecule has 0 saturated heterocycles. The maximum absolute atomic E-state index is 13.2. The normalized spacial score (nSPS) is 10.5. The minimum absolute atomic E-state index is 0.160. The van der Waals surface area contributed by atoms with Gasteiger partial charge >= 0.3 is 0 Å². The number of rotatable bonds is 4. The van der Waals surface area contributed by atoms with E-state index >= 15 is 0 Å². The van der Waals surface area contributed by atoms with Crippen LogP contribution in [0.4, 0.5) is 25.8 Å². The number of amides is 1. The fourth-order valence-corrected chi connectivity index (χ4v) is 2.58. The van der Waals surface area contributed by atoms with E-state index in [1.807, 2.05) is 26.0 Å². The molecule has 0 aliphatic heterocycles. The molecule has 0 atom stereocenters. The summed E-state index contributed by atoms with van der Waals surface area (Å²) in [6.07, 6.45) is 1.54. The molecule has 1 heterocycles. The number of aromatic nitrogens is 1. The van der Waals surface area contributed by atoms with E-state index < -0.39 is 17.5 Å². The second-order valence-electron chi connectivity index (χ2n) is 6.02. The Morgan fingerprint density at radius 3 is 2.15 bits per heavy atom. The van der Waals surface area contributed by atoms with Crippen molar-refractivity contribution >= 4 is 23.0 Å². The number of benzene rings is 2. The fraction of sp³-hybridized carbons (Fsp3) is 0.100. The highest BCUT2D eigenvalue weighted by Crippen LogP contribution is 2.19. The zero-order chi connectivity index (χ0) is 18.7. The average molecular weight is 353 g/mol. The smallest absolute Gasteiger partial charge is 0.274 e. The lowest BCUT2D eigenvalue weighted by Gasteiger charge is -2.09. The number of nitrogens with one attached hydrogen (secondary N) is 2. The first-order valence-corrected chi connectivity index (χ1v) is 7.98. The van der Waals surface area contributed by atoms with Crippen LogP contribution in [0.3, 0.4) is 0 Å². The number of aryl methyl sites for hydroxylation is 2. The zero-order valence-electron chi connectivity index (χ0n) is 14.3. The third kappa shape index (κ3) is 4.22. The highest BCUT2D eigenvalue weighted by atomic mass is 19.2. The van der Waals surface area contributed by atoms with E-state index in [1.54, 1.807) is 12.1 Å².